The van der Waals surface area contributed by atoms with E-state index in [1.807, 2.05) is 0 Å². The van der Waals surface area contributed by atoms with Crippen LogP contribution in [-0.4, -0.2) is 62.6 Å². The maximum atomic E-state index is 11.8. The number of hydrogen-bond donors (Lipinski definition) is 1. The van der Waals surface area contributed by atoms with Gasteiger partial charge in [-0.1, -0.05) is 13.8 Å². The van der Waals surface area contributed by atoms with Gasteiger partial charge in [-0.2, -0.15) is 11.8 Å². The van der Waals surface area contributed by atoms with E-state index in [0.29, 0.717) is 11.7 Å². The van der Waals surface area contributed by atoms with Gasteiger partial charge in [-0.3, -0.25) is 4.90 Å². The number of hydrogen-bond acceptors (Lipinski definition) is 5. The van der Waals surface area contributed by atoms with Crippen molar-refractivity contribution in [3.63, 3.8) is 0 Å². The summed E-state index contributed by atoms with van der Waals surface area (Å²) in [5.41, 5.74) is 0. The minimum absolute atomic E-state index is 0.287. The lowest BCUT2D eigenvalue weighted by molar-refractivity contribution is 0.231. The van der Waals surface area contributed by atoms with E-state index in [1.54, 1.807) is 11.8 Å². The first kappa shape index (κ1) is 16.3. The van der Waals surface area contributed by atoms with Crippen molar-refractivity contribution >= 4 is 21.6 Å². The number of sulfone groups is 1. The summed E-state index contributed by atoms with van der Waals surface area (Å²) < 4.78 is 23.5. The summed E-state index contributed by atoms with van der Waals surface area (Å²) in [4.78, 5) is 2.14. The van der Waals surface area contributed by atoms with E-state index in [2.05, 4.69) is 24.1 Å². The molecule has 2 atom stereocenters. The summed E-state index contributed by atoms with van der Waals surface area (Å²) in [5.74, 6) is 2.25. The Bertz CT molecular complexity index is 333. The molecule has 0 radical (unpaired) electrons. The Morgan fingerprint density at radius 3 is 2.83 bits per heavy atom. The van der Waals surface area contributed by atoms with Crippen molar-refractivity contribution in [1.82, 2.24) is 10.2 Å². The third-order valence-electron chi connectivity index (χ3n) is 3.15. The predicted molar refractivity (Wildman–Crippen MR) is 79.9 cm³/mol. The van der Waals surface area contributed by atoms with Crippen LogP contribution in [0.15, 0.2) is 0 Å². The molecule has 1 rings (SSSR count). The van der Waals surface area contributed by atoms with E-state index < -0.39 is 9.84 Å². The Labute approximate surface area is 116 Å². The first-order valence-electron chi connectivity index (χ1n) is 6.66. The van der Waals surface area contributed by atoms with Crippen LogP contribution < -0.4 is 5.32 Å². The SMILES string of the molecule is CCCNCC(C)CN1CCSCC1S(C)(=O)=O. The van der Waals surface area contributed by atoms with Crippen LogP contribution in [0, 0.1) is 5.92 Å². The minimum Gasteiger partial charge on any atom is -0.316 e. The van der Waals surface area contributed by atoms with E-state index >= 15 is 0 Å². The van der Waals surface area contributed by atoms with Gasteiger partial charge in [0.15, 0.2) is 9.84 Å². The molecule has 108 valence electrons. The van der Waals surface area contributed by atoms with Gasteiger partial charge in [-0.15, -0.1) is 0 Å². The maximum absolute atomic E-state index is 11.8. The van der Waals surface area contributed by atoms with Crippen molar-refractivity contribution in [3.8, 4) is 0 Å². The molecule has 6 heteroatoms. The first-order chi connectivity index (χ1) is 8.45. The topological polar surface area (TPSA) is 49.4 Å². The number of rotatable bonds is 7. The normalized spacial score (nSPS) is 24.1. The molecule has 0 spiro atoms. The molecule has 0 aromatic rings. The van der Waals surface area contributed by atoms with Crippen LogP contribution >= 0.6 is 11.8 Å². The van der Waals surface area contributed by atoms with Gasteiger partial charge in [0.25, 0.3) is 0 Å². The zero-order valence-corrected chi connectivity index (χ0v) is 13.3. The Morgan fingerprint density at radius 1 is 1.50 bits per heavy atom. The van der Waals surface area contributed by atoms with E-state index in [1.165, 1.54) is 6.26 Å². The van der Waals surface area contributed by atoms with Crippen molar-refractivity contribution in [2.75, 3.05) is 43.9 Å². The van der Waals surface area contributed by atoms with Crippen molar-refractivity contribution in [2.45, 2.75) is 25.6 Å². The van der Waals surface area contributed by atoms with Crippen LogP contribution in [0.3, 0.4) is 0 Å². The number of nitrogens with zero attached hydrogens (tertiary/aromatic N) is 1. The average molecular weight is 294 g/mol. The van der Waals surface area contributed by atoms with Crippen molar-refractivity contribution in [3.05, 3.63) is 0 Å². The first-order valence-corrected chi connectivity index (χ1v) is 9.77. The van der Waals surface area contributed by atoms with Crippen LogP contribution in [0.2, 0.25) is 0 Å². The third kappa shape index (κ3) is 5.47. The van der Waals surface area contributed by atoms with Gasteiger partial charge in [-0.25, -0.2) is 8.42 Å². The molecule has 0 aliphatic carbocycles. The summed E-state index contributed by atoms with van der Waals surface area (Å²) in [6.45, 7) is 8.10. The van der Waals surface area contributed by atoms with Crippen LogP contribution in [0.5, 0.6) is 0 Å². The number of thioether (sulfide) groups is 1. The Hall–Kier alpha value is 0.220. The molecule has 1 N–H and O–H groups in total. The molecule has 1 aliphatic heterocycles. The third-order valence-corrected chi connectivity index (χ3v) is 5.84. The van der Waals surface area contributed by atoms with Crippen LogP contribution in [0.4, 0.5) is 0 Å². The van der Waals surface area contributed by atoms with Gasteiger partial charge >= 0.3 is 0 Å². The molecular formula is C12H26N2O2S2. The Balaban J connectivity index is 2.47. The Kier molecular flexibility index (Phi) is 6.98. The summed E-state index contributed by atoms with van der Waals surface area (Å²) in [6, 6.07) is 0. The quantitative estimate of drug-likeness (QED) is 0.711. The van der Waals surface area contributed by atoms with Crippen LogP contribution in [0.25, 0.3) is 0 Å². The lowest BCUT2D eigenvalue weighted by Crippen LogP contribution is -2.49. The standard InChI is InChI=1S/C12H26N2O2S2/c1-4-5-13-8-11(2)9-14-6-7-17-10-12(14)18(3,15)16/h11-13H,4-10H2,1-3H3. The van der Waals surface area contributed by atoms with Gasteiger partial charge in [0.05, 0.1) is 0 Å². The second-order valence-corrected chi connectivity index (χ2v) is 8.52. The highest BCUT2D eigenvalue weighted by Gasteiger charge is 2.31. The lowest BCUT2D eigenvalue weighted by Gasteiger charge is -2.35. The summed E-state index contributed by atoms with van der Waals surface area (Å²) in [5, 5.41) is 3.11. The van der Waals surface area contributed by atoms with Gasteiger partial charge in [0, 0.05) is 30.9 Å². The molecule has 1 saturated heterocycles. The van der Waals surface area contributed by atoms with Crippen LogP contribution in [-0.2, 0) is 9.84 Å². The molecule has 0 aromatic carbocycles. The molecule has 0 bridgehead atoms. The van der Waals surface area contributed by atoms with Crippen molar-refractivity contribution in [2.24, 2.45) is 5.92 Å². The van der Waals surface area contributed by atoms with Gasteiger partial charge in [0.1, 0.15) is 5.37 Å². The fourth-order valence-corrected chi connectivity index (χ4v) is 5.16. The lowest BCUT2D eigenvalue weighted by atomic mass is 10.1. The molecular weight excluding hydrogens is 268 g/mol. The van der Waals surface area contributed by atoms with Gasteiger partial charge in [-0.05, 0) is 25.4 Å². The predicted octanol–water partition coefficient (Wildman–Crippen LogP) is 1.04. The highest BCUT2D eigenvalue weighted by molar-refractivity contribution is 8.00. The monoisotopic (exact) mass is 294 g/mol. The molecule has 1 aliphatic rings. The van der Waals surface area contributed by atoms with Crippen molar-refractivity contribution < 1.29 is 8.42 Å². The average Bonchev–Trinajstić information content (AvgIpc) is 2.28. The zero-order chi connectivity index (χ0) is 13.6. The van der Waals surface area contributed by atoms with Crippen LogP contribution in [0.1, 0.15) is 20.3 Å². The van der Waals surface area contributed by atoms with Gasteiger partial charge < -0.3 is 5.32 Å². The molecule has 4 nitrogen and oxygen atoms in total. The Morgan fingerprint density at radius 2 is 2.22 bits per heavy atom. The smallest absolute Gasteiger partial charge is 0.164 e. The second kappa shape index (κ2) is 7.72. The summed E-state index contributed by atoms with van der Waals surface area (Å²) >= 11 is 1.75. The molecule has 1 fully saturated rings. The van der Waals surface area contributed by atoms with E-state index in [-0.39, 0.29) is 5.37 Å². The van der Waals surface area contributed by atoms with Gasteiger partial charge in [0.2, 0.25) is 0 Å². The molecule has 18 heavy (non-hydrogen) atoms. The summed E-state index contributed by atoms with van der Waals surface area (Å²) in [6.07, 6.45) is 2.50. The summed E-state index contributed by atoms with van der Waals surface area (Å²) in [7, 11) is -2.96. The second-order valence-electron chi connectivity index (χ2n) is 5.16. The fraction of sp³-hybridized carbons (Fsp3) is 1.00. The minimum atomic E-state index is -2.96. The van der Waals surface area contributed by atoms with E-state index in [9.17, 15) is 8.42 Å². The van der Waals surface area contributed by atoms with E-state index in [4.69, 9.17) is 0 Å². The molecule has 1 heterocycles. The highest BCUT2D eigenvalue weighted by atomic mass is 32.2. The number of nitrogens with one attached hydrogen (secondary N) is 1. The molecule has 0 amide bonds. The van der Waals surface area contributed by atoms with Crippen molar-refractivity contribution in [1.29, 1.82) is 0 Å². The zero-order valence-electron chi connectivity index (χ0n) is 11.7. The van der Waals surface area contributed by atoms with E-state index in [0.717, 1.165) is 38.4 Å². The molecule has 2 unspecified atom stereocenters. The molecule has 0 aromatic heterocycles. The molecule has 0 saturated carbocycles. The largest absolute Gasteiger partial charge is 0.316 e. The highest BCUT2D eigenvalue weighted by Crippen LogP contribution is 2.21. The fourth-order valence-electron chi connectivity index (χ4n) is 2.21. The maximum Gasteiger partial charge on any atom is 0.164 e.